The number of nitrogens with zero attached hydrogens (tertiary/aromatic N) is 1. The Bertz CT molecular complexity index is 193. The number of ether oxygens (including phenoxy) is 1. The Morgan fingerprint density at radius 1 is 1.83 bits per heavy atom. The number of nitrogens with two attached hydrogens (primary N) is 1. The summed E-state index contributed by atoms with van der Waals surface area (Å²) in [5.74, 6) is 0. The maximum absolute atomic E-state index is 10.8. The molecule has 1 heterocycles. The highest BCUT2D eigenvalue weighted by Crippen LogP contribution is 2.26. The van der Waals surface area contributed by atoms with E-state index < -0.39 is 11.8 Å². The average Bonchev–Trinajstić information content (AvgIpc) is 2.24. The van der Waals surface area contributed by atoms with Gasteiger partial charge in [-0.25, -0.2) is 4.79 Å². The summed E-state index contributed by atoms with van der Waals surface area (Å²) in [6.45, 7) is 4.12. The van der Waals surface area contributed by atoms with Gasteiger partial charge in [-0.3, -0.25) is 4.90 Å². The van der Waals surface area contributed by atoms with Crippen molar-refractivity contribution in [1.82, 2.24) is 4.90 Å². The minimum atomic E-state index is -0.979. The Hall–Kier alpha value is -0.810. The van der Waals surface area contributed by atoms with Gasteiger partial charge in [0.2, 0.25) is 0 Å². The summed E-state index contributed by atoms with van der Waals surface area (Å²) in [7, 11) is 0. The molecule has 1 rings (SSSR count). The molecule has 1 atom stereocenters. The van der Waals surface area contributed by atoms with Crippen molar-refractivity contribution in [3.8, 4) is 0 Å². The minimum Gasteiger partial charge on any atom is -0.465 e. The van der Waals surface area contributed by atoms with E-state index in [1.807, 2.05) is 0 Å². The Labute approximate surface area is 71.1 Å². The van der Waals surface area contributed by atoms with Gasteiger partial charge in [0.1, 0.15) is 5.72 Å². The highest BCUT2D eigenvalue weighted by Gasteiger charge is 2.43. The molecule has 1 aliphatic rings. The van der Waals surface area contributed by atoms with Crippen LogP contribution >= 0.6 is 0 Å². The van der Waals surface area contributed by atoms with Gasteiger partial charge in [0.15, 0.2) is 0 Å². The van der Waals surface area contributed by atoms with Crippen LogP contribution in [0.2, 0.25) is 0 Å². The number of hydrogen-bond acceptors (Lipinski definition) is 3. The van der Waals surface area contributed by atoms with E-state index in [2.05, 4.69) is 0 Å². The highest BCUT2D eigenvalue weighted by atomic mass is 16.5. The van der Waals surface area contributed by atoms with E-state index >= 15 is 0 Å². The number of rotatable bonds is 1. The van der Waals surface area contributed by atoms with Crippen LogP contribution in [-0.2, 0) is 4.74 Å². The van der Waals surface area contributed by atoms with Crippen molar-refractivity contribution < 1.29 is 14.6 Å². The third-order valence-corrected chi connectivity index (χ3v) is 2.05. The van der Waals surface area contributed by atoms with Crippen LogP contribution in [0.3, 0.4) is 0 Å². The molecule has 0 radical (unpaired) electrons. The largest absolute Gasteiger partial charge is 0.465 e. The molecule has 5 heteroatoms. The molecule has 0 aromatic rings. The number of amides is 1. The van der Waals surface area contributed by atoms with E-state index in [1.54, 1.807) is 13.8 Å². The van der Waals surface area contributed by atoms with Crippen LogP contribution < -0.4 is 5.73 Å². The van der Waals surface area contributed by atoms with E-state index in [-0.39, 0.29) is 6.04 Å². The van der Waals surface area contributed by atoms with Gasteiger partial charge in [-0.2, -0.15) is 0 Å². The van der Waals surface area contributed by atoms with Gasteiger partial charge in [0.25, 0.3) is 0 Å². The van der Waals surface area contributed by atoms with Gasteiger partial charge in [0, 0.05) is 6.54 Å². The summed E-state index contributed by atoms with van der Waals surface area (Å²) in [6.07, 6.45) is -0.979. The fourth-order valence-electron chi connectivity index (χ4n) is 1.44. The quantitative estimate of drug-likeness (QED) is 0.589. The first-order valence-corrected chi connectivity index (χ1v) is 3.85. The van der Waals surface area contributed by atoms with Gasteiger partial charge in [-0.15, -0.1) is 0 Å². The molecule has 12 heavy (non-hydrogen) atoms. The molecule has 0 bridgehead atoms. The molecule has 0 spiro atoms. The van der Waals surface area contributed by atoms with Gasteiger partial charge in [0.05, 0.1) is 12.6 Å². The lowest BCUT2D eigenvalue weighted by atomic mass is 10.2. The first-order valence-electron chi connectivity index (χ1n) is 3.85. The zero-order chi connectivity index (χ0) is 9.35. The maximum atomic E-state index is 10.8. The number of carbonyl (C=O) groups is 1. The second-order valence-electron chi connectivity index (χ2n) is 3.30. The van der Waals surface area contributed by atoms with Crippen molar-refractivity contribution in [1.29, 1.82) is 0 Å². The summed E-state index contributed by atoms with van der Waals surface area (Å²) < 4.78 is 5.28. The Morgan fingerprint density at radius 3 is 2.75 bits per heavy atom. The standard InChI is InChI=1S/C7H14N2O3/c1-7(2)9(6(10)11)5(3-8)4-12-7/h5H,3-4,8H2,1-2H3,(H,10,11)/t5-/m1/s1. The molecular formula is C7H14N2O3. The van der Waals surface area contributed by atoms with Crippen molar-refractivity contribution in [3.05, 3.63) is 0 Å². The first-order chi connectivity index (χ1) is 5.49. The predicted molar refractivity (Wildman–Crippen MR) is 42.7 cm³/mol. The molecule has 1 fully saturated rings. The summed E-state index contributed by atoms with van der Waals surface area (Å²) in [5, 5.41) is 8.84. The van der Waals surface area contributed by atoms with Crippen molar-refractivity contribution in [3.63, 3.8) is 0 Å². The molecular weight excluding hydrogens is 160 g/mol. The molecule has 1 saturated heterocycles. The van der Waals surface area contributed by atoms with Crippen molar-refractivity contribution in [2.24, 2.45) is 5.73 Å². The summed E-state index contributed by atoms with van der Waals surface area (Å²) in [5.41, 5.74) is 4.66. The molecule has 1 amide bonds. The Morgan fingerprint density at radius 2 is 2.42 bits per heavy atom. The molecule has 0 saturated carbocycles. The van der Waals surface area contributed by atoms with Crippen LogP contribution in [0.5, 0.6) is 0 Å². The van der Waals surface area contributed by atoms with E-state index in [4.69, 9.17) is 15.6 Å². The van der Waals surface area contributed by atoms with Gasteiger partial charge < -0.3 is 15.6 Å². The topological polar surface area (TPSA) is 75.8 Å². The monoisotopic (exact) mass is 174 g/mol. The van der Waals surface area contributed by atoms with Crippen molar-refractivity contribution >= 4 is 6.09 Å². The lowest BCUT2D eigenvalue weighted by Crippen LogP contribution is -2.49. The predicted octanol–water partition coefficient (Wildman–Crippen LogP) is 0.0600. The summed E-state index contributed by atoms with van der Waals surface area (Å²) in [6, 6.07) is -0.211. The second kappa shape index (κ2) is 2.91. The van der Waals surface area contributed by atoms with E-state index in [1.165, 1.54) is 4.90 Å². The molecule has 0 unspecified atom stereocenters. The van der Waals surface area contributed by atoms with E-state index in [9.17, 15) is 4.79 Å². The Kier molecular flexibility index (Phi) is 2.25. The highest BCUT2D eigenvalue weighted by molar-refractivity contribution is 5.66. The third kappa shape index (κ3) is 1.37. The zero-order valence-electron chi connectivity index (χ0n) is 7.28. The van der Waals surface area contributed by atoms with E-state index in [0.29, 0.717) is 13.2 Å². The maximum Gasteiger partial charge on any atom is 0.409 e. The van der Waals surface area contributed by atoms with Crippen LogP contribution in [-0.4, -0.2) is 41.0 Å². The van der Waals surface area contributed by atoms with Crippen molar-refractivity contribution in [2.75, 3.05) is 13.2 Å². The van der Waals surface area contributed by atoms with Gasteiger partial charge in [-0.1, -0.05) is 0 Å². The second-order valence-corrected chi connectivity index (χ2v) is 3.30. The van der Waals surface area contributed by atoms with Gasteiger partial charge in [-0.05, 0) is 13.8 Å². The summed E-state index contributed by atoms with van der Waals surface area (Å²) in [4.78, 5) is 12.0. The molecule has 3 N–H and O–H groups in total. The van der Waals surface area contributed by atoms with Crippen LogP contribution in [0.15, 0.2) is 0 Å². The molecule has 70 valence electrons. The molecule has 1 aliphatic heterocycles. The first kappa shape index (κ1) is 9.28. The normalized spacial score (nSPS) is 27.6. The minimum absolute atomic E-state index is 0.211. The fraction of sp³-hybridized carbons (Fsp3) is 0.857. The van der Waals surface area contributed by atoms with Crippen LogP contribution in [0.1, 0.15) is 13.8 Å². The molecule has 0 aromatic carbocycles. The van der Waals surface area contributed by atoms with Crippen molar-refractivity contribution in [2.45, 2.75) is 25.6 Å². The third-order valence-electron chi connectivity index (χ3n) is 2.05. The molecule has 0 aromatic heterocycles. The van der Waals surface area contributed by atoms with Crippen LogP contribution in [0.4, 0.5) is 4.79 Å². The van der Waals surface area contributed by atoms with E-state index in [0.717, 1.165) is 0 Å². The fourth-order valence-corrected chi connectivity index (χ4v) is 1.44. The summed E-state index contributed by atoms with van der Waals surface area (Å²) >= 11 is 0. The number of hydrogen-bond donors (Lipinski definition) is 2. The molecule has 5 nitrogen and oxygen atoms in total. The smallest absolute Gasteiger partial charge is 0.409 e. The zero-order valence-corrected chi connectivity index (χ0v) is 7.28. The average molecular weight is 174 g/mol. The lowest BCUT2D eigenvalue weighted by Gasteiger charge is -2.30. The van der Waals surface area contributed by atoms with Crippen LogP contribution in [0.25, 0.3) is 0 Å². The molecule has 0 aliphatic carbocycles. The van der Waals surface area contributed by atoms with Crippen LogP contribution in [0, 0.1) is 0 Å². The SMILES string of the molecule is CC1(C)OC[C@@H](CN)N1C(=O)O. The Balaban J connectivity index is 2.80. The van der Waals surface area contributed by atoms with Gasteiger partial charge >= 0.3 is 6.09 Å². The lowest BCUT2D eigenvalue weighted by molar-refractivity contribution is -0.0417. The number of carboxylic acid groups (broad SMARTS) is 1.